The van der Waals surface area contributed by atoms with Gasteiger partial charge in [-0.25, -0.2) is 13.6 Å². The van der Waals surface area contributed by atoms with Crippen LogP contribution in [0.2, 0.25) is 0 Å². The molecule has 5 nitrogen and oxygen atoms in total. The molecule has 2 aromatic carbocycles. The molecule has 0 aliphatic carbocycles. The minimum Gasteiger partial charge on any atom is -0.292 e. The van der Waals surface area contributed by atoms with Crippen LogP contribution >= 0.6 is 11.8 Å². The average Bonchev–Trinajstić information content (AvgIpc) is 2.87. The van der Waals surface area contributed by atoms with Crippen molar-refractivity contribution >= 4 is 22.7 Å². The van der Waals surface area contributed by atoms with Gasteiger partial charge in [0.2, 0.25) is 0 Å². The molecule has 0 unspecified atom stereocenters. The summed E-state index contributed by atoms with van der Waals surface area (Å²) >= 11 is 1.15. The second-order valence-electron chi connectivity index (χ2n) is 7.78. The summed E-state index contributed by atoms with van der Waals surface area (Å²) in [5.41, 5.74) is -0.197. The highest BCUT2D eigenvalue weighted by atomic mass is 32.2. The predicted octanol–water partition coefficient (Wildman–Crippen LogP) is 3.91. The summed E-state index contributed by atoms with van der Waals surface area (Å²) in [5.74, 6) is -1.42. The quantitative estimate of drug-likeness (QED) is 0.589. The number of rotatable bonds is 3. The first-order chi connectivity index (χ1) is 15.0. The summed E-state index contributed by atoms with van der Waals surface area (Å²) in [6.45, 7) is 0.392. The van der Waals surface area contributed by atoms with E-state index in [4.69, 9.17) is 0 Å². The van der Waals surface area contributed by atoms with Gasteiger partial charge in [-0.15, -0.1) is 11.8 Å². The molecule has 0 amide bonds. The molecule has 1 aliphatic rings. The molecule has 0 spiro atoms. The van der Waals surface area contributed by atoms with Gasteiger partial charge in [-0.1, -0.05) is 0 Å². The van der Waals surface area contributed by atoms with Crippen LogP contribution in [0, 0.1) is 18.6 Å². The summed E-state index contributed by atoms with van der Waals surface area (Å²) in [6, 6.07) is 3.92. The summed E-state index contributed by atoms with van der Waals surface area (Å²) in [7, 11) is 1.31. The lowest BCUT2D eigenvalue weighted by molar-refractivity contribution is -0.147. The lowest BCUT2D eigenvalue weighted by Crippen LogP contribution is -2.44. The van der Waals surface area contributed by atoms with E-state index in [1.165, 1.54) is 23.7 Å². The number of hydrogen-bond acceptors (Lipinski definition) is 4. The standard InChI is InChI=1S/C21H18F5N3O2S/c1-10-5-14-17-18(16(10)13-4-3-11(22)6-15(13)23)32-8-12(28(2)9-21(24,25)26)7-29(17)20(31)27-19(14)30/h3-6,12H,7-9H2,1-2H3,(H,27,30,31)/t12-/m0/s1. The third-order valence-corrected chi connectivity index (χ3v) is 6.74. The number of thioether (sulfide) groups is 1. The molecule has 170 valence electrons. The smallest absolute Gasteiger partial charge is 0.292 e. The third kappa shape index (κ3) is 4.06. The van der Waals surface area contributed by atoms with E-state index in [2.05, 4.69) is 4.98 Å². The third-order valence-electron chi connectivity index (χ3n) is 5.50. The van der Waals surface area contributed by atoms with Gasteiger partial charge >= 0.3 is 11.9 Å². The van der Waals surface area contributed by atoms with Crippen molar-refractivity contribution in [2.75, 3.05) is 19.3 Å². The van der Waals surface area contributed by atoms with Crippen LogP contribution in [0.15, 0.2) is 38.8 Å². The van der Waals surface area contributed by atoms with Gasteiger partial charge in [0.15, 0.2) is 0 Å². The Labute approximate surface area is 182 Å². The molecule has 4 rings (SSSR count). The first-order valence-corrected chi connectivity index (χ1v) is 10.6. The average molecular weight is 471 g/mol. The zero-order valence-corrected chi connectivity index (χ0v) is 17.8. The lowest BCUT2D eigenvalue weighted by atomic mass is 9.97. The molecule has 1 atom stereocenters. The molecule has 32 heavy (non-hydrogen) atoms. The number of alkyl halides is 3. The van der Waals surface area contributed by atoms with Gasteiger partial charge in [0.05, 0.1) is 17.4 Å². The fourth-order valence-corrected chi connectivity index (χ4v) is 5.51. The van der Waals surface area contributed by atoms with Crippen molar-refractivity contribution in [3.63, 3.8) is 0 Å². The Morgan fingerprint density at radius 3 is 2.59 bits per heavy atom. The second-order valence-corrected chi connectivity index (χ2v) is 8.81. The van der Waals surface area contributed by atoms with Gasteiger partial charge in [-0.2, -0.15) is 13.2 Å². The zero-order chi connectivity index (χ0) is 23.4. The molecule has 0 saturated heterocycles. The number of aromatic amines is 1. The van der Waals surface area contributed by atoms with Crippen LogP contribution < -0.4 is 11.2 Å². The molecule has 3 aromatic rings. The number of aryl methyl sites for hydroxylation is 1. The molecule has 2 heterocycles. The van der Waals surface area contributed by atoms with Crippen LogP contribution in [0.25, 0.3) is 22.0 Å². The van der Waals surface area contributed by atoms with Crippen molar-refractivity contribution in [1.82, 2.24) is 14.5 Å². The van der Waals surface area contributed by atoms with Crippen LogP contribution in [0.3, 0.4) is 0 Å². The predicted molar refractivity (Wildman–Crippen MR) is 112 cm³/mol. The number of likely N-dealkylation sites (N-methyl/N-ethyl adjacent to an activating group) is 1. The van der Waals surface area contributed by atoms with E-state index in [9.17, 15) is 31.5 Å². The van der Waals surface area contributed by atoms with E-state index in [1.807, 2.05) is 0 Å². The van der Waals surface area contributed by atoms with Gasteiger partial charge in [0.1, 0.15) is 11.6 Å². The second kappa shape index (κ2) is 8.04. The minimum absolute atomic E-state index is 0.0784. The topological polar surface area (TPSA) is 58.1 Å². The SMILES string of the molecule is Cc1cc2c(=O)[nH]c(=O)n3c2c(c1-c1ccc(F)cc1F)SC[C@@H](N(C)CC(F)(F)F)C3. The number of benzene rings is 2. The molecule has 1 N–H and O–H groups in total. The molecule has 0 radical (unpaired) electrons. The molecule has 11 heteroatoms. The number of nitrogens with zero attached hydrogens (tertiary/aromatic N) is 2. The molecule has 0 saturated carbocycles. The Bertz CT molecular complexity index is 1330. The maximum absolute atomic E-state index is 14.7. The van der Waals surface area contributed by atoms with Gasteiger partial charge in [-0.05, 0) is 37.7 Å². The minimum atomic E-state index is -4.43. The first kappa shape index (κ1) is 22.5. The molecule has 0 bridgehead atoms. The molecular formula is C21H18F5N3O2S. The van der Waals surface area contributed by atoms with E-state index < -0.39 is 41.6 Å². The van der Waals surface area contributed by atoms with Crippen molar-refractivity contribution in [3.05, 3.63) is 62.3 Å². The van der Waals surface area contributed by atoms with E-state index in [1.54, 1.807) is 6.92 Å². The number of H-pyrrole nitrogens is 1. The Kier molecular flexibility index (Phi) is 5.66. The van der Waals surface area contributed by atoms with Gasteiger partial charge in [0, 0.05) is 40.4 Å². The van der Waals surface area contributed by atoms with Crippen LogP contribution in [-0.4, -0.2) is 46.0 Å². The molecular weight excluding hydrogens is 453 g/mol. The largest absolute Gasteiger partial charge is 0.401 e. The number of hydrogen-bond donors (Lipinski definition) is 1. The lowest BCUT2D eigenvalue weighted by Gasteiger charge is -2.27. The highest BCUT2D eigenvalue weighted by molar-refractivity contribution is 7.99. The van der Waals surface area contributed by atoms with Crippen LogP contribution in [0.4, 0.5) is 22.0 Å². The van der Waals surface area contributed by atoms with E-state index in [0.29, 0.717) is 16.0 Å². The molecule has 1 aromatic heterocycles. The number of halogens is 5. The maximum Gasteiger partial charge on any atom is 0.401 e. The maximum atomic E-state index is 14.7. The highest BCUT2D eigenvalue weighted by Crippen LogP contribution is 2.42. The Hall–Kier alpha value is -2.66. The molecule has 0 fully saturated rings. The highest BCUT2D eigenvalue weighted by Gasteiger charge is 2.34. The fraction of sp³-hybridized carbons (Fsp3) is 0.333. The number of nitrogens with one attached hydrogen (secondary N) is 1. The van der Waals surface area contributed by atoms with Crippen molar-refractivity contribution < 1.29 is 22.0 Å². The fourth-order valence-electron chi connectivity index (χ4n) is 4.01. The Morgan fingerprint density at radius 2 is 1.94 bits per heavy atom. The van der Waals surface area contributed by atoms with Gasteiger partial charge in [-0.3, -0.25) is 19.2 Å². The zero-order valence-electron chi connectivity index (χ0n) is 17.0. The molecule has 1 aliphatic heterocycles. The van der Waals surface area contributed by atoms with Crippen LogP contribution in [0.1, 0.15) is 5.56 Å². The first-order valence-electron chi connectivity index (χ1n) is 9.62. The van der Waals surface area contributed by atoms with Crippen LogP contribution in [-0.2, 0) is 6.54 Å². The van der Waals surface area contributed by atoms with E-state index >= 15 is 0 Å². The summed E-state index contributed by atoms with van der Waals surface area (Å²) in [4.78, 5) is 28.9. The number of aromatic nitrogens is 2. The summed E-state index contributed by atoms with van der Waals surface area (Å²) < 4.78 is 68.3. The Balaban J connectivity index is 1.97. The van der Waals surface area contributed by atoms with Gasteiger partial charge in [0.25, 0.3) is 5.56 Å². The van der Waals surface area contributed by atoms with Crippen molar-refractivity contribution in [2.45, 2.75) is 30.6 Å². The Morgan fingerprint density at radius 1 is 1.22 bits per heavy atom. The van der Waals surface area contributed by atoms with E-state index in [0.717, 1.165) is 28.8 Å². The van der Waals surface area contributed by atoms with Crippen molar-refractivity contribution in [2.24, 2.45) is 0 Å². The van der Waals surface area contributed by atoms with Crippen molar-refractivity contribution in [1.29, 1.82) is 0 Å². The monoisotopic (exact) mass is 471 g/mol. The van der Waals surface area contributed by atoms with E-state index in [-0.39, 0.29) is 28.8 Å². The van der Waals surface area contributed by atoms with Crippen LogP contribution in [0.5, 0.6) is 0 Å². The van der Waals surface area contributed by atoms with Crippen molar-refractivity contribution in [3.8, 4) is 11.1 Å². The summed E-state index contributed by atoms with van der Waals surface area (Å²) in [5, 5.41) is 0.176. The normalized spacial score (nSPS) is 16.6. The summed E-state index contributed by atoms with van der Waals surface area (Å²) in [6.07, 6.45) is -4.43. The van der Waals surface area contributed by atoms with Gasteiger partial charge < -0.3 is 0 Å².